The van der Waals surface area contributed by atoms with Gasteiger partial charge < -0.3 is 10.1 Å². The number of hydrogen-bond donors (Lipinski definition) is 2. The van der Waals surface area contributed by atoms with Gasteiger partial charge in [-0.1, -0.05) is 0 Å². The molecule has 0 aliphatic rings. The molecule has 0 aromatic heterocycles. The van der Waals surface area contributed by atoms with Crippen LogP contribution in [-0.2, 0) is 19.1 Å². The number of Topliss-reactive ketones (excluding diaryl/α,β-unsaturated/α-hetero) is 1. The van der Waals surface area contributed by atoms with Gasteiger partial charge in [-0.05, 0) is 13.8 Å². The summed E-state index contributed by atoms with van der Waals surface area (Å²) in [6.07, 6.45) is -0.00774. The number of ether oxygens (including phenoxy) is 1. The zero-order chi connectivity index (χ0) is 13.4. The Hall–Kier alpha value is -2.18. The van der Waals surface area contributed by atoms with Crippen molar-refractivity contribution in [2.45, 2.75) is 20.8 Å². The molecule has 0 unspecified atom stereocenters. The quantitative estimate of drug-likeness (QED) is 0.406. The van der Waals surface area contributed by atoms with E-state index in [1.165, 1.54) is 6.92 Å². The molecule has 0 aromatic rings. The van der Waals surface area contributed by atoms with Crippen molar-refractivity contribution in [2.24, 2.45) is 0 Å². The number of hydrogen-bond acceptors (Lipinski definition) is 5. The van der Waals surface area contributed by atoms with E-state index in [9.17, 15) is 19.2 Å². The summed E-state index contributed by atoms with van der Waals surface area (Å²) >= 11 is 0. The Labute approximate surface area is 98.2 Å². The van der Waals surface area contributed by atoms with Crippen molar-refractivity contribution in [3.8, 4) is 0 Å². The SMILES string of the molecule is CCOC(=O)NC(=O)/C(=C\NC(C)=O)C(C)=O. The Bertz CT molecular complexity index is 373. The van der Waals surface area contributed by atoms with E-state index in [0.717, 1.165) is 13.1 Å². The van der Waals surface area contributed by atoms with Crippen molar-refractivity contribution in [2.75, 3.05) is 6.61 Å². The molecule has 0 atom stereocenters. The molecule has 0 aliphatic heterocycles. The highest BCUT2D eigenvalue weighted by Gasteiger charge is 2.17. The molecule has 0 spiro atoms. The highest BCUT2D eigenvalue weighted by Crippen LogP contribution is 1.95. The van der Waals surface area contributed by atoms with Crippen molar-refractivity contribution < 1.29 is 23.9 Å². The highest BCUT2D eigenvalue weighted by molar-refractivity contribution is 6.21. The lowest BCUT2D eigenvalue weighted by Crippen LogP contribution is -2.34. The second kappa shape index (κ2) is 7.15. The summed E-state index contributed by atoms with van der Waals surface area (Å²) in [5.74, 6) is -1.95. The average Bonchev–Trinajstić information content (AvgIpc) is 2.16. The maximum atomic E-state index is 11.4. The van der Waals surface area contributed by atoms with Crippen LogP contribution < -0.4 is 10.6 Å². The molecule has 0 fully saturated rings. The van der Waals surface area contributed by atoms with Gasteiger partial charge in [0.15, 0.2) is 5.78 Å². The number of carbonyl (C=O) groups excluding carboxylic acids is 4. The van der Waals surface area contributed by atoms with E-state index >= 15 is 0 Å². The van der Waals surface area contributed by atoms with E-state index in [2.05, 4.69) is 10.1 Å². The van der Waals surface area contributed by atoms with E-state index in [1.54, 1.807) is 6.92 Å². The van der Waals surface area contributed by atoms with Crippen molar-refractivity contribution in [1.82, 2.24) is 10.6 Å². The minimum absolute atomic E-state index is 0.101. The van der Waals surface area contributed by atoms with E-state index in [-0.39, 0.29) is 12.2 Å². The first-order valence-electron chi connectivity index (χ1n) is 4.84. The number of nitrogens with one attached hydrogen (secondary N) is 2. The fraction of sp³-hybridized carbons (Fsp3) is 0.400. The molecule has 0 rings (SSSR count). The van der Waals surface area contributed by atoms with Gasteiger partial charge in [0.05, 0.1) is 12.2 Å². The van der Waals surface area contributed by atoms with Crippen LogP contribution in [0.3, 0.4) is 0 Å². The van der Waals surface area contributed by atoms with Crippen molar-refractivity contribution in [1.29, 1.82) is 0 Å². The molecular formula is C10H14N2O5. The first-order valence-corrected chi connectivity index (χ1v) is 4.84. The Morgan fingerprint density at radius 3 is 2.18 bits per heavy atom. The lowest BCUT2D eigenvalue weighted by molar-refractivity contribution is -0.121. The third kappa shape index (κ3) is 6.08. The number of ketones is 1. The summed E-state index contributed by atoms with van der Waals surface area (Å²) < 4.78 is 4.47. The van der Waals surface area contributed by atoms with Crippen molar-refractivity contribution in [3.63, 3.8) is 0 Å². The van der Waals surface area contributed by atoms with Crippen LogP contribution in [0.4, 0.5) is 4.79 Å². The molecule has 0 bridgehead atoms. The summed E-state index contributed by atoms with van der Waals surface area (Å²) in [7, 11) is 0. The Balaban J connectivity index is 4.67. The largest absolute Gasteiger partial charge is 0.450 e. The van der Waals surface area contributed by atoms with Gasteiger partial charge in [0, 0.05) is 13.1 Å². The molecule has 0 saturated carbocycles. The van der Waals surface area contributed by atoms with Crippen LogP contribution in [-0.4, -0.2) is 30.3 Å². The number of carbonyl (C=O) groups is 4. The molecule has 2 N–H and O–H groups in total. The molecule has 0 aliphatic carbocycles. The summed E-state index contributed by atoms with van der Waals surface area (Å²) in [5, 5.41) is 4.02. The summed E-state index contributed by atoms with van der Waals surface area (Å²) in [5.41, 5.74) is -0.340. The maximum absolute atomic E-state index is 11.4. The van der Waals surface area contributed by atoms with E-state index in [0.29, 0.717) is 0 Å². The predicted molar refractivity (Wildman–Crippen MR) is 57.7 cm³/mol. The second-order valence-electron chi connectivity index (χ2n) is 2.99. The third-order valence-electron chi connectivity index (χ3n) is 1.53. The Kier molecular flexibility index (Phi) is 6.24. The first kappa shape index (κ1) is 14.8. The molecule has 94 valence electrons. The van der Waals surface area contributed by atoms with Gasteiger partial charge in [-0.25, -0.2) is 4.79 Å². The lowest BCUT2D eigenvalue weighted by atomic mass is 10.2. The van der Waals surface area contributed by atoms with E-state index in [1.807, 2.05) is 5.32 Å². The van der Waals surface area contributed by atoms with Crippen LogP contribution in [0.25, 0.3) is 0 Å². The summed E-state index contributed by atoms with van der Waals surface area (Å²) in [6, 6.07) is 0. The van der Waals surface area contributed by atoms with Crippen LogP contribution in [0.2, 0.25) is 0 Å². The minimum Gasteiger partial charge on any atom is -0.450 e. The number of rotatable bonds is 4. The first-order chi connectivity index (χ1) is 7.88. The number of amides is 3. The van der Waals surface area contributed by atoms with E-state index < -0.39 is 23.7 Å². The molecule has 17 heavy (non-hydrogen) atoms. The Morgan fingerprint density at radius 1 is 1.18 bits per heavy atom. The number of imide groups is 1. The zero-order valence-electron chi connectivity index (χ0n) is 9.83. The fourth-order valence-corrected chi connectivity index (χ4v) is 0.828. The lowest BCUT2D eigenvalue weighted by Gasteiger charge is -2.05. The van der Waals surface area contributed by atoms with Crippen LogP contribution in [0.1, 0.15) is 20.8 Å². The van der Waals surface area contributed by atoms with Gasteiger partial charge in [0.2, 0.25) is 5.91 Å². The molecule has 0 aromatic carbocycles. The van der Waals surface area contributed by atoms with E-state index in [4.69, 9.17) is 0 Å². The molecule has 0 radical (unpaired) electrons. The fourth-order valence-electron chi connectivity index (χ4n) is 0.828. The molecule has 0 heterocycles. The topological polar surface area (TPSA) is 102 Å². The van der Waals surface area contributed by atoms with Crippen molar-refractivity contribution in [3.05, 3.63) is 11.8 Å². The molecule has 7 nitrogen and oxygen atoms in total. The van der Waals surface area contributed by atoms with Crippen molar-refractivity contribution >= 4 is 23.7 Å². The summed E-state index contributed by atoms with van der Waals surface area (Å²) in [4.78, 5) is 44.1. The van der Waals surface area contributed by atoms with Crippen LogP contribution in [0.15, 0.2) is 11.8 Å². The summed E-state index contributed by atoms with van der Waals surface area (Å²) in [6.45, 7) is 4.03. The van der Waals surface area contributed by atoms with Gasteiger partial charge in [-0.2, -0.15) is 0 Å². The second-order valence-corrected chi connectivity index (χ2v) is 2.99. The predicted octanol–water partition coefficient (Wildman–Crippen LogP) is -0.132. The minimum atomic E-state index is -0.951. The van der Waals surface area contributed by atoms with Gasteiger partial charge in [0.25, 0.3) is 5.91 Å². The number of alkyl carbamates (subject to hydrolysis) is 1. The monoisotopic (exact) mass is 242 g/mol. The smallest absolute Gasteiger partial charge is 0.414 e. The Morgan fingerprint density at radius 2 is 1.76 bits per heavy atom. The van der Waals surface area contributed by atoms with Gasteiger partial charge in [-0.15, -0.1) is 0 Å². The highest BCUT2D eigenvalue weighted by atomic mass is 16.5. The molecule has 0 saturated heterocycles. The van der Waals surface area contributed by atoms with Crippen LogP contribution in [0, 0.1) is 0 Å². The van der Waals surface area contributed by atoms with Crippen LogP contribution in [0.5, 0.6) is 0 Å². The van der Waals surface area contributed by atoms with Gasteiger partial charge in [-0.3, -0.25) is 19.7 Å². The van der Waals surface area contributed by atoms with Crippen LogP contribution >= 0.6 is 0 Å². The van der Waals surface area contributed by atoms with Gasteiger partial charge in [0.1, 0.15) is 0 Å². The third-order valence-corrected chi connectivity index (χ3v) is 1.53. The average molecular weight is 242 g/mol. The normalized spacial score (nSPS) is 10.4. The standard InChI is InChI=1S/C10H14N2O5/c1-4-17-10(16)12-9(15)8(6(2)13)5-11-7(3)14/h5H,4H2,1-3H3,(H,11,14)(H,12,15,16)/b8-5-. The molecule has 3 amide bonds. The molecule has 7 heteroatoms. The van der Waals surface area contributed by atoms with Gasteiger partial charge >= 0.3 is 6.09 Å². The zero-order valence-corrected chi connectivity index (χ0v) is 9.83. The molecular weight excluding hydrogens is 228 g/mol. The maximum Gasteiger partial charge on any atom is 0.414 e.